The van der Waals surface area contributed by atoms with Gasteiger partial charge < -0.3 is 15.0 Å². The molecule has 0 bridgehead atoms. The molecule has 0 radical (unpaired) electrons. The Hall–Kier alpha value is -1.97. The van der Waals surface area contributed by atoms with Crippen LogP contribution in [0.5, 0.6) is 5.75 Å². The molecule has 0 aliphatic heterocycles. The Bertz CT molecular complexity index is 486. The van der Waals surface area contributed by atoms with E-state index in [-0.39, 0.29) is 0 Å². The monoisotopic (exact) mass is 231 g/mol. The summed E-state index contributed by atoms with van der Waals surface area (Å²) in [6, 6.07) is 8.09. The predicted molar refractivity (Wildman–Crippen MR) is 68.0 cm³/mol. The molecule has 1 heterocycles. The fourth-order valence-corrected chi connectivity index (χ4v) is 1.77. The third-order valence-corrected chi connectivity index (χ3v) is 2.77. The van der Waals surface area contributed by atoms with E-state index in [9.17, 15) is 0 Å². The zero-order chi connectivity index (χ0) is 12.3. The molecule has 0 amide bonds. The van der Waals surface area contributed by atoms with Crippen LogP contribution in [0, 0.1) is 0 Å². The molecule has 1 aromatic heterocycles. The second kappa shape index (κ2) is 4.91. The van der Waals surface area contributed by atoms with Crippen molar-refractivity contribution in [1.29, 1.82) is 0 Å². The fourth-order valence-electron chi connectivity index (χ4n) is 1.77. The van der Waals surface area contributed by atoms with E-state index in [0.717, 1.165) is 24.3 Å². The Labute approximate surface area is 101 Å². The molecule has 4 nitrogen and oxygen atoms in total. The zero-order valence-corrected chi connectivity index (χ0v) is 10.2. The maximum absolute atomic E-state index is 5.69. The second-order valence-electron chi connectivity index (χ2n) is 4.05. The first kappa shape index (κ1) is 11.5. The van der Waals surface area contributed by atoms with Crippen molar-refractivity contribution in [2.75, 3.05) is 12.8 Å². The van der Waals surface area contributed by atoms with Crippen LogP contribution in [0.25, 0.3) is 0 Å². The van der Waals surface area contributed by atoms with Crippen LogP contribution in [0.1, 0.15) is 11.3 Å². The van der Waals surface area contributed by atoms with Gasteiger partial charge in [-0.25, -0.2) is 4.98 Å². The van der Waals surface area contributed by atoms with Crippen molar-refractivity contribution in [1.82, 2.24) is 9.55 Å². The molecule has 0 fully saturated rings. The molecule has 4 heteroatoms. The lowest BCUT2D eigenvalue weighted by Gasteiger charge is -2.03. The largest absolute Gasteiger partial charge is 0.497 e. The number of benzene rings is 1. The SMILES string of the molecule is COc1cccc(CCc2cn(C)c(N)n2)c1. The van der Waals surface area contributed by atoms with Crippen molar-refractivity contribution in [2.24, 2.45) is 7.05 Å². The Balaban J connectivity index is 2.01. The van der Waals surface area contributed by atoms with Gasteiger partial charge >= 0.3 is 0 Å². The number of hydrogen-bond donors (Lipinski definition) is 1. The summed E-state index contributed by atoms with van der Waals surface area (Å²) >= 11 is 0. The fraction of sp³-hybridized carbons (Fsp3) is 0.308. The topological polar surface area (TPSA) is 53.1 Å². The highest BCUT2D eigenvalue weighted by molar-refractivity contribution is 5.29. The first-order valence-corrected chi connectivity index (χ1v) is 5.59. The Morgan fingerprint density at radius 2 is 2.18 bits per heavy atom. The van der Waals surface area contributed by atoms with E-state index < -0.39 is 0 Å². The molecule has 0 spiro atoms. The normalized spacial score (nSPS) is 10.5. The van der Waals surface area contributed by atoms with Gasteiger partial charge in [0, 0.05) is 13.2 Å². The number of imidazole rings is 1. The van der Waals surface area contributed by atoms with Gasteiger partial charge in [-0.3, -0.25) is 0 Å². The Morgan fingerprint density at radius 1 is 1.35 bits per heavy atom. The summed E-state index contributed by atoms with van der Waals surface area (Å²) in [4.78, 5) is 4.28. The van der Waals surface area contributed by atoms with Crippen molar-refractivity contribution < 1.29 is 4.74 Å². The molecule has 2 rings (SSSR count). The average molecular weight is 231 g/mol. The van der Waals surface area contributed by atoms with Crippen LogP contribution in [-0.4, -0.2) is 16.7 Å². The van der Waals surface area contributed by atoms with Gasteiger partial charge in [-0.15, -0.1) is 0 Å². The van der Waals surface area contributed by atoms with E-state index in [4.69, 9.17) is 10.5 Å². The van der Waals surface area contributed by atoms with Crippen molar-refractivity contribution in [2.45, 2.75) is 12.8 Å². The maximum atomic E-state index is 5.69. The maximum Gasteiger partial charge on any atom is 0.200 e. The zero-order valence-electron chi connectivity index (χ0n) is 10.2. The number of nitrogens with two attached hydrogens (primary N) is 1. The van der Waals surface area contributed by atoms with Gasteiger partial charge in [-0.05, 0) is 30.5 Å². The van der Waals surface area contributed by atoms with Crippen LogP contribution in [0.3, 0.4) is 0 Å². The number of nitrogens with zero attached hydrogens (tertiary/aromatic N) is 2. The summed E-state index contributed by atoms with van der Waals surface area (Å²) in [5.74, 6) is 1.45. The molecule has 90 valence electrons. The van der Waals surface area contributed by atoms with Crippen molar-refractivity contribution in [3.63, 3.8) is 0 Å². The molecule has 17 heavy (non-hydrogen) atoms. The van der Waals surface area contributed by atoms with Gasteiger partial charge in [-0.2, -0.15) is 0 Å². The summed E-state index contributed by atoms with van der Waals surface area (Å²) in [6.45, 7) is 0. The molecule has 0 saturated carbocycles. The number of aromatic nitrogens is 2. The molecule has 0 aliphatic carbocycles. The molecule has 1 aromatic carbocycles. The van der Waals surface area contributed by atoms with Crippen molar-refractivity contribution in [3.05, 3.63) is 41.7 Å². The van der Waals surface area contributed by atoms with E-state index in [1.54, 1.807) is 7.11 Å². The second-order valence-corrected chi connectivity index (χ2v) is 4.05. The predicted octanol–water partition coefficient (Wildman–Crippen LogP) is 1.80. The van der Waals surface area contributed by atoms with Gasteiger partial charge in [-0.1, -0.05) is 12.1 Å². The lowest BCUT2D eigenvalue weighted by atomic mass is 10.1. The summed E-state index contributed by atoms with van der Waals surface area (Å²) in [5, 5.41) is 0. The summed E-state index contributed by atoms with van der Waals surface area (Å²) in [6.07, 6.45) is 3.79. The highest BCUT2D eigenvalue weighted by Gasteiger charge is 2.02. The smallest absolute Gasteiger partial charge is 0.200 e. The minimum Gasteiger partial charge on any atom is -0.497 e. The van der Waals surface area contributed by atoms with E-state index in [0.29, 0.717) is 5.95 Å². The molecular formula is C13H17N3O. The van der Waals surface area contributed by atoms with E-state index in [1.165, 1.54) is 5.56 Å². The van der Waals surface area contributed by atoms with Crippen LogP contribution in [0.2, 0.25) is 0 Å². The quantitative estimate of drug-likeness (QED) is 0.873. The lowest BCUT2D eigenvalue weighted by Crippen LogP contribution is -1.95. The summed E-state index contributed by atoms with van der Waals surface area (Å²) in [7, 11) is 3.58. The van der Waals surface area contributed by atoms with Gasteiger partial charge in [0.1, 0.15) is 5.75 Å². The molecule has 0 aliphatic rings. The van der Waals surface area contributed by atoms with Gasteiger partial charge in [0.15, 0.2) is 5.95 Å². The molecular weight excluding hydrogens is 214 g/mol. The number of rotatable bonds is 4. The summed E-state index contributed by atoms with van der Waals surface area (Å²) < 4.78 is 7.02. The van der Waals surface area contributed by atoms with Gasteiger partial charge in [0.25, 0.3) is 0 Å². The Morgan fingerprint density at radius 3 is 2.82 bits per heavy atom. The molecule has 0 saturated heterocycles. The minimum atomic E-state index is 0.561. The van der Waals surface area contributed by atoms with E-state index in [2.05, 4.69) is 11.1 Å². The lowest BCUT2D eigenvalue weighted by molar-refractivity contribution is 0.414. The van der Waals surface area contributed by atoms with Crippen LogP contribution in [0.15, 0.2) is 30.5 Å². The van der Waals surface area contributed by atoms with Gasteiger partial charge in [0.05, 0.1) is 12.8 Å². The van der Waals surface area contributed by atoms with Crippen LogP contribution >= 0.6 is 0 Å². The van der Waals surface area contributed by atoms with E-state index in [1.807, 2.05) is 36.0 Å². The summed E-state index contributed by atoms with van der Waals surface area (Å²) in [5.41, 5.74) is 7.95. The first-order chi connectivity index (χ1) is 8.19. The third-order valence-electron chi connectivity index (χ3n) is 2.77. The molecule has 0 unspecified atom stereocenters. The number of hydrogen-bond acceptors (Lipinski definition) is 3. The third kappa shape index (κ3) is 2.78. The number of methoxy groups -OCH3 is 1. The molecule has 2 N–H and O–H groups in total. The number of ether oxygens (including phenoxy) is 1. The average Bonchev–Trinajstić information content (AvgIpc) is 2.67. The van der Waals surface area contributed by atoms with E-state index >= 15 is 0 Å². The highest BCUT2D eigenvalue weighted by atomic mass is 16.5. The van der Waals surface area contributed by atoms with Gasteiger partial charge in [0.2, 0.25) is 0 Å². The minimum absolute atomic E-state index is 0.561. The van der Waals surface area contributed by atoms with Crippen LogP contribution in [-0.2, 0) is 19.9 Å². The number of anilines is 1. The number of nitrogen functional groups attached to an aromatic ring is 1. The van der Waals surface area contributed by atoms with Crippen molar-refractivity contribution in [3.8, 4) is 5.75 Å². The molecule has 2 aromatic rings. The first-order valence-electron chi connectivity index (χ1n) is 5.59. The van der Waals surface area contributed by atoms with Crippen LogP contribution < -0.4 is 10.5 Å². The molecule has 0 atom stereocenters. The Kier molecular flexibility index (Phi) is 3.32. The highest BCUT2D eigenvalue weighted by Crippen LogP contribution is 2.14. The van der Waals surface area contributed by atoms with Crippen molar-refractivity contribution >= 4 is 5.95 Å². The standard InChI is InChI=1S/C13H17N3O/c1-16-9-11(15-13(16)14)7-6-10-4-3-5-12(8-10)17-2/h3-5,8-9H,6-7H2,1-2H3,(H2,14,15). The van der Waals surface area contributed by atoms with Crippen LogP contribution in [0.4, 0.5) is 5.95 Å². The number of aryl methyl sites for hydroxylation is 3.